The van der Waals surface area contributed by atoms with Crippen molar-refractivity contribution < 1.29 is 22.3 Å². The van der Waals surface area contributed by atoms with Gasteiger partial charge in [-0.1, -0.05) is 6.07 Å². The molecule has 0 spiro atoms. The minimum absolute atomic E-state index is 0.0598. The highest BCUT2D eigenvalue weighted by molar-refractivity contribution is 9.10. The SMILES string of the molecule is CCOC(=O)c1c(-c2cccnc2)nn2cc(N(Cc3ccc(Br)c(F)c3)S(C)(=O)=O)c(C3CC3)cc12. The zero-order chi connectivity index (χ0) is 26.3. The lowest BCUT2D eigenvalue weighted by Gasteiger charge is -2.25. The largest absolute Gasteiger partial charge is 0.462 e. The molecule has 1 aromatic carbocycles. The topological polar surface area (TPSA) is 93.9 Å². The molecule has 0 N–H and O–H groups in total. The molecule has 0 bridgehead atoms. The number of halogens is 2. The number of carbonyl (C=O) groups excluding carboxylic acids is 1. The second-order valence-corrected chi connectivity index (χ2v) is 11.7. The van der Waals surface area contributed by atoms with E-state index < -0.39 is 21.8 Å². The van der Waals surface area contributed by atoms with Crippen molar-refractivity contribution in [1.82, 2.24) is 14.6 Å². The van der Waals surface area contributed by atoms with Gasteiger partial charge in [0, 0.05) is 18.0 Å². The Morgan fingerprint density at radius 1 is 1.27 bits per heavy atom. The molecular formula is C26H24BrFN4O4S. The average Bonchev–Trinajstić information content (AvgIpc) is 3.64. The van der Waals surface area contributed by atoms with E-state index in [1.807, 2.05) is 6.07 Å². The number of rotatable bonds is 8. The van der Waals surface area contributed by atoms with Gasteiger partial charge in [-0.15, -0.1) is 0 Å². The normalized spacial score (nSPS) is 13.6. The number of pyridine rings is 2. The van der Waals surface area contributed by atoms with Gasteiger partial charge in [-0.25, -0.2) is 22.1 Å². The van der Waals surface area contributed by atoms with Crippen molar-refractivity contribution in [2.45, 2.75) is 32.2 Å². The van der Waals surface area contributed by atoms with E-state index in [0.29, 0.717) is 38.1 Å². The number of ether oxygens (including phenoxy) is 1. The maximum absolute atomic E-state index is 14.2. The molecule has 4 aromatic rings. The lowest BCUT2D eigenvalue weighted by atomic mass is 10.0. The molecule has 37 heavy (non-hydrogen) atoms. The van der Waals surface area contributed by atoms with Crippen molar-refractivity contribution in [2.75, 3.05) is 17.2 Å². The van der Waals surface area contributed by atoms with Crippen LogP contribution < -0.4 is 4.31 Å². The van der Waals surface area contributed by atoms with Gasteiger partial charge in [-0.3, -0.25) is 9.29 Å². The van der Waals surface area contributed by atoms with E-state index in [0.717, 1.165) is 24.7 Å². The number of aromatic nitrogens is 3. The number of fused-ring (bicyclic) bond motifs is 1. The number of carbonyl (C=O) groups is 1. The molecule has 1 saturated carbocycles. The van der Waals surface area contributed by atoms with Gasteiger partial charge >= 0.3 is 5.97 Å². The number of hydrogen-bond acceptors (Lipinski definition) is 6. The summed E-state index contributed by atoms with van der Waals surface area (Å²) in [6.45, 7) is 1.87. The second-order valence-electron chi connectivity index (χ2n) is 8.92. The molecule has 1 aliphatic carbocycles. The fourth-order valence-corrected chi connectivity index (χ4v) is 5.46. The van der Waals surface area contributed by atoms with Gasteiger partial charge in [0.15, 0.2) is 0 Å². The molecule has 3 aromatic heterocycles. The first-order chi connectivity index (χ1) is 17.7. The van der Waals surface area contributed by atoms with E-state index in [1.54, 1.807) is 49.8 Å². The zero-order valence-electron chi connectivity index (χ0n) is 20.2. The van der Waals surface area contributed by atoms with Crippen LogP contribution in [0, 0.1) is 5.82 Å². The van der Waals surface area contributed by atoms with Crippen molar-refractivity contribution in [3.05, 3.63) is 82.0 Å². The summed E-state index contributed by atoms with van der Waals surface area (Å²) in [5, 5.41) is 4.65. The molecule has 1 fully saturated rings. The van der Waals surface area contributed by atoms with E-state index in [2.05, 4.69) is 26.0 Å². The third-order valence-electron chi connectivity index (χ3n) is 6.19. The summed E-state index contributed by atoms with van der Waals surface area (Å²) < 4.78 is 48.7. The Kier molecular flexibility index (Phi) is 6.76. The van der Waals surface area contributed by atoms with Crippen molar-refractivity contribution in [3.8, 4) is 11.3 Å². The minimum atomic E-state index is -3.76. The standard InChI is InChI=1S/C26H24BrFN4O4S/c1-3-36-26(33)24-22-12-19(17-7-8-17)23(15-31(22)30-25(24)18-5-4-10-29-13-18)32(37(2,34)35)14-16-6-9-20(27)21(28)11-16/h4-6,9-13,15,17H,3,7-8,14H2,1-2H3. The van der Waals surface area contributed by atoms with Crippen LogP contribution in [0.1, 0.15) is 47.2 Å². The molecule has 5 rings (SSSR count). The minimum Gasteiger partial charge on any atom is -0.462 e. The summed E-state index contributed by atoms with van der Waals surface area (Å²) in [6.07, 6.45) is 7.77. The Morgan fingerprint density at radius 2 is 2.05 bits per heavy atom. The van der Waals surface area contributed by atoms with Crippen LogP contribution in [0.15, 0.2) is 59.5 Å². The van der Waals surface area contributed by atoms with Crippen LogP contribution in [-0.2, 0) is 21.3 Å². The van der Waals surface area contributed by atoms with Crippen molar-refractivity contribution in [1.29, 1.82) is 0 Å². The lowest BCUT2D eigenvalue weighted by molar-refractivity contribution is 0.0529. The Bertz CT molecular complexity index is 1600. The van der Waals surface area contributed by atoms with Crippen LogP contribution in [0.4, 0.5) is 10.1 Å². The molecule has 11 heteroatoms. The Labute approximate surface area is 222 Å². The smallest absolute Gasteiger partial charge is 0.342 e. The highest BCUT2D eigenvalue weighted by Crippen LogP contribution is 2.46. The Morgan fingerprint density at radius 3 is 2.68 bits per heavy atom. The molecule has 8 nitrogen and oxygen atoms in total. The molecule has 1 aliphatic rings. The first kappa shape index (κ1) is 25.3. The predicted octanol–water partition coefficient (Wildman–Crippen LogP) is 5.32. The number of sulfonamides is 1. The first-order valence-electron chi connectivity index (χ1n) is 11.7. The Balaban J connectivity index is 1.72. The molecule has 0 atom stereocenters. The van der Waals surface area contributed by atoms with Gasteiger partial charge in [-0.05, 0) is 83.1 Å². The third kappa shape index (κ3) is 5.10. The van der Waals surface area contributed by atoms with E-state index in [-0.39, 0.29) is 19.1 Å². The molecule has 0 radical (unpaired) electrons. The average molecular weight is 587 g/mol. The first-order valence-corrected chi connectivity index (χ1v) is 14.4. The number of esters is 1. The molecule has 3 heterocycles. The van der Waals surface area contributed by atoms with Crippen LogP contribution in [0.2, 0.25) is 0 Å². The van der Waals surface area contributed by atoms with Crippen molar-refractivity contribution >= 4 is 43.1 Å². The summed E-state index contributed by atoms with van der Waals surface area (Å²) >= 11 is 3.14. The van der Waals surface area contributed by atoms with E-state index in [1.165, 1.54) is 14.9 Å². The molecule has 0 aliphatic heterocycles. The van der Waals surface area contributed by atoms with E-state index >= 15 is 0 Å². The number of anilines is 1. The highest BCUT2D eigenvalue weighted by atomic mass is 79.9. The zero-order valence-corrected chi connectivity index (χ0v) is 22.6. The lowest BCUT2D eigenvalue weighted by Crippen LogP contribution is -2.30. The summed E-state index contributed by atoms with van der Waals surface area (Å²) in [6, 6.07) is 9.91. The molecule has 0 amide bonds. The fourth-order valence-electron chi connectivity index (χ4n) is 4.32. The summed E-state index contributed by atoms with van der Waals surface area (Å²) in [5.41, 5.74) is 3.57. The van der Waals surface area contributed by atoms with Crippen molar-refractivity contribution in [2.24, 2.45) is 0 Å². The van der Waals surface area contributed by atoms with Gasteiger partial charge in [-0.2, -0.15) is 5.10 Å². The van der Waals surface area contributed by atoms with E-state index in [9.17, 15) is 17.6 Å². The monoisotopic (exact) mass is 586 g/mol. The van der Waals surface area contributed by atoms with Gasteiger partial charge in [0.1, 0.15) is 17.1 Å². The van der Waals surface area contributed by atoms with Crippen LogP contribution in [-0.4, -0.2) is 41.8 Å². The van der Waals surface area contributed by atoms with E-state index in [4.69, 9.17) is 4.74 Å². The fraction of sp³-hybridized carbons (Fsp3) is 0.269. The summed E-state index contributed by atoms with van der Waals surface area (Å²) in [7, 11) is -3.76. The maximum Gasteiger partial charge on any atom is 0.342 e. The number of nitrogens with zero attached hydrogens (tertiary/aromatic N) is 4. The quantitative estimate of drug-likeness (QED) is 0.259. The van der Waals surface area contributed by atoms with Crippen LogP contribution in [0.3, 0.4) is 0 Å². The summed E-state index contributed by atoms with van der Waals surface area (Å²) in [4.78, 5) is 17.2. The molecular weight excluding hydrogens is 563 g/mol. The van der Waals surface area contributed by atoms with Crippen LogP contribution >= 0.6 is 15.9 Å². The third-order valence-corrected chi connectivity index (χ3v) is 7.96. The van der Waals surface area contributed by atoms with Crippen LogP contribution in [0.25, 0.3) is 16.8 Å². The number of benzene rings is 1. The second kappa shape index (κ2) is 9.86. The number of hydrogen-bond donors (Lipinski definition) is 0. The van der Waals surface area contributed by atoms with Gasteiger partial charge in [0.05, 0.1) is 41.3 Å². The van der Waals surface area contributed by atoms with Gasteiger partial charge in [0.2, 0.25) is 10.0 Å². The molecule has 0 unspecified atom stereocenters. The molecule has 192 valence electrons. The van der Waals surface area contributed by atoms with Crippen molar-refractivity contribution in [3.63, 3.8) is 0 Å². The highest BCUT2D eigenvalue weighted by Gasteiger charge is 2.33. The maximum atomic E-state index is 14.2. The Hall–Kier alpha value is -3.31. The van der Waals surface area contributed by atoms with Gasteiger partial charge in [0.25, 0.3) is 0 Å². The molecule has 0 saturated heterocycles. The predicted molar refractivity (Wildman–Crippen MR) is 141 cm³/mol. The van der Waals surface area contributed by atoms with Crippen LogP contribution in [0.5, 0.6) is 0 Å². The van der Waals surface area contributed by atoms with Gasteiger partial charge < -0.3 is 4.74 Å². The summed E-state index contributed by atoms with van der Waals surface area (Å²) in [5.74, 6) is -0.857.